The number of ether oxygens (including phenoxy) is 1. The second kappa shape index (κ2) is 5.69. The summed E-state index contributed by atoms with van der Waals surface area (Å²) in [5, 5.41) is 2.85. The number of thiazole rings is 1. The summed E-state index contributed by atoms with van der Waals surface area (Å²) in [7, 11) is 1.40. The molecule has 1 heterocycles. The minimum atomic E-state index is -0.539. The number of carbonyl (C=O) groups excluding carboxylic acids is 2. The molecule has 0 atom stereocenters. The van der Waals surface area contributed by atoms with Crippen molar-refractivity contribution >= 4 is 23.2 Å². The van der Waals surface area contributed by atoms with Crippen LogP contribution in [0.4, 0.5) is 0 Å². The zero-order valence-corrected chi connectivity index (χ0v) is 12.0. The number of rotatable bonds is 4. The van der Waals surface area contributed by atoms with E-state index >= 15 is 0 Å². The molecule has 0 bridgehead atoms. The van der Waals surface area contributed by atoms with Crippen molar-refractivity contribution in [1.82, 2.24) is 10.3 Å². The Kier molecular flexibility index (Phi) is 4.19. The first-order valence-electron chi connectivity index (χ1n) is 6.36. The molecule has 1 N–H and O–H groups in total. The number of methoxy groups -OCH3 is 1. The Morgan fingerprint density at radius 3 is 2.68 bits per heavy atom. The topological polar surface area (TPSA) is 68.3 Å². The molecule has 0 spiro atoms. The van der Waals surface area contributed by atoms with Crippen molar-refractivity contribution in [1.29, 1.82) is 0 Å². The monoisotopic (exact) mass is 282 g/mol. The molecule has 0 unspecified atom stereocenters. The Morgan fingerprint density at radius 2 is 2.16 bits per heavy atom. The van der Waals surface area contributed by atoms with Crippen LogP contribution in [0.15, 0.2) is 5.51 Å². The van der Waals surface area contributed by atoms with Crippen LogP contribution in [0, 0.1) is 12.3 Å². The Balaban J connectivity index is 2.02. The lowest BCUT2D eigenvalue weighted by molar-refractivity contribution is -0.152. The molecule has 0 radical (unpaired) electrons. The van der Waals surface area contributed by atoms with Crippen LogP contribution < -0.4 is 5.32 Å². The van der Waals surface area contributed by atoms with E-state index in [1.54, 1.807) is 12.4 Å². The van der Waals surface area contributed by atoms with Gasteiger partial charge >= 0.3 is 5.97 Å². The van der Waals surface area contributed by atoms with Crippen LogP contribution in [0.25, 0.3) is 0 Å². The zero-order chi connectivity index (χ0) is 13.9. The van der Waals surface area contributed by atoms with Crippen LogP contribution in [-0.2, 0) is 9.53 Å². The number of hydrogen-bond donors (Lipinski definition) is 1. The van der Waals surface area contributed by atoms with E-state index in [1.807, 2.05) is 0 Å². The molecule has 2 rings (SSSR count). The molecule has 1 fully saturated rings. The molecule has 1 aromatic heterocycles. The lowest BCUT2D eigenvalue weighted by Gasteiger charge is -2.25. The van der Waals surface area contributed by atoms with E-state index in [4.69, 9.17) is 4.74 Å². The number of esters is 1. The maximum atomic E-state index is 12.0. The molecular weight excluding hydrogens is 264 g/mol. The minimum absolute atomic E-state index is 0.157. The van der Waals surface area contributed by atoms with E-state index in [2.05, 4.69) is 10.3 Å². The van der Waals surface area contributed by atoms with Gasteiger partial charge in [0.2, 0.25) is 0 Å². The van der Waals surface area contributed by atoms with Gasteiger partial charge in [-0.15, -0.1) is 11.3 Å². The van der Waals surface area contributed by atoms with Crippen molar-refractivity contribution in [2.45, 2.75) is 32.6 Å². The highest BCUT2D eigenvalue weighted by molar-refractivity contribution is 7.11. The third kappa shape index (κ3) is 2.78. The fourth-order valence-corrected chi connectivity index (χ4v) is 3.29. The third-order valence-electron chi connectivity index (χ3n) is 3.72. The standard InChI is InChI=1S/C13H18N2O3S/c1-9-10(19-8-15-9)11(16)14-7-13(12(17)18-2)5-3-4-6-13/h8H,3-7H2,1-2H3,(H,14,16). The Labute approximate surface area is 116 Å². The second-order valence-electron chi connectivity index (χ2n) is 4.93. The van der Waals surface area contributed by atoms with Gasteiger partial charge in [0.25, 0.3) is 5.91 Å². The fraction of sp³-hybridized carbons (Fsp3) is 0.615. The number of nitrogens with zero attached hydrogens (tertiary/aromatic N) is 1. The maximum absolute atomic E-state index is 12.0. The van der Waals surface area contributed by atoms with Gasteiger partial charge in [-0.2, -0.15) is 0 Å². The van der Waals surface area contributed by atoms with Gasteiger partial charge in [0.15, 0.2) is 0 Å². The van der Waals surface area contributed by atoms with Crippen molar-refractivity contribution in [3.8, 4) is 0 Å². The molecule has 6 heteroatoms. The second-order valence-corrected chi connectivity index (χ2v) is 5.78. The number of amides is 1. The summed E-state index contributed by atoms with van der Waals surface area (Å²) in [5.41, 5.74) is 1.83. The number of nitrogens with one attached hydrogen (secondary N) is 1. The number of hydrogen-bond acceptors (Lipinski definition) is 5. The van der Waals surface area contributed by atoms with Gasteiger partial charge in [-0.1, -0.05) is 12.8 Å². The highest BCUT2D eigenvalue weighted by Crippen LogP contribution is 2.38. The van der Waals surface area contributed by atoms with Crippen LogP contribution in [0.1, 0.15) is 41.0 Å². The fourth-order valence-electron chi connectivity index (χ4n) is 2.57. The molecule has 0 aromatic carbocycles. The maximum Gasteiger partial charge on any atom is 0.313 e. The van der Waals surface area contributed by atoms with Crippen LogP contribution in [-0.4, -0.2) is 30.5 Å². The first kappa shape index (κ1) is 14.0. The molecule has 1 amide bonds. The highest BCUT2D eigenvalue weighted by Gasteiger charge is 2.42. The van der Waals surface area contributed by atoms with E-state index in [0.29, 0.717) is 11.4 Å². The van der Waals surface area contributed by atoms with Crippen LogP contribution >= 0.6 is 11.3 Å². The van der Waals surface area contributed by atoms with Crippen molar-refractivity contribution in [3.05, 3.63) is 16.1 Å². The predicted octanol–water partition coefficient (Wildman–Crippen LogP) is 1.91. The van der Waals surface area contributed by atoms with Crippen LogP contribution in [0.3, 0.4) is 0 Å². The minimum Gasteiger partial charge on any atom is -0.469 e. The quantitative estimate of drug-likeness (QED) is 0.857. The summed E-state index contributed by atoms with van der Waals surface area (Å²) in [5.74, 6) is -0.374. The normalized spacial score (nSPS) is 17.2. The largest absolute Gasteiger partial charge is 0.469 e. The van der Waals surface area contributed by atoms with Gasteiger partial charge in [0.05, 0.1) is 23.7 Å². The Hall–Kier alpha value is -1.43. The van der Waals surface area contributed by atoms with Crippen molar-refractivity contribution in [2.75, 3.05) is 13.7 Å². The SMILES string of the molecule is COC(=O)C1(CNC(=O)c2scnc2C)CCCC1. The van der Waals surface area contributed by atoms with Crippen molar-refractivity contribution in [3.63, 3.8) is 0 Å². The number of carbonyl (C=O) groups is 2. The van der Waals surface area contributed by atoms with E-state index in [-0.39, 0.29) is 11.9 Å². The van der Waals surface area contributed by atoms with E-state index in [1.165, 1.54) is 18.4 Å². The molecule has 0 aliphatic heterocycles. The van der Waals surface area contributed by atoms with Crippen molar-refractivity contribution < 1.29 is 14.3 Å². The molecule has 19 heavy (non-hydrogen) atoms. The number of aromatic nitrogens is 1. The summed E-state index contributed by atoms with van der Waals surface area (Å²) in [6, 6.07) is 0. The molecule has 1 saturated carbocycles. The van der Waals surface area contributed by atoms with Crippen molar-refractivity contribution in [2.24, 2.45) is 5.41 Å². The van der Waals surface area contributed by atoms with Gasteiger partial charge in [-0.25, -0.2) is 4.98 Å². The summed E-state index contributed by atoms with van der Waals surface area (Å²) in [6.45, 7) is 2.15. The van der Waals surface area contributed by atoms with E-state index < -0.39 is 5.41 Å². The first-order chi connectivity index (χ1) is 9.09. The summed E-state index contributed by atoms with van der Waals surface area (Å²) >= 11 is 1.31. The molecule has 1 aromatic rings. The lowest BCUT2D eigenvalue weighted by atomic mass is 9.86. The number of aryl methyl sites for hydroxylation is 1. The molecule has 1 aliphatic rings. The average molecular weight is 282 g/mol. The summed E-state index contributed by atoms with van der Waals surface area (Å²) in [6.07, 6.45) is 3.57. The van der Waals surface area contributed by atoms with Crippen LogP contribution in [0.5, 0.6) is 0 Å². The van der Waals surface area contributed by atoms with Gasteiger partial charge in [-0.05, 0) is 19.8 Å². The molecular formula is C13H18N2O3S. The molecule has 0 saturated heterocycles. The molecule has 5 nitrogen and oxygen atoms in total. The first-order valence-corrected chi connectivity index (χ1v) is 7.24. The highest BCUT2D eigenvalue weighted by atomic mass is 32.1. The summed E-state index contributed by atoms with van der Waals surface area (Å²) < 4.78 is 4.88. The average Bonchev–Trinajstić information content (AvgIpc) is 3.04. The van der Waals surface area contributed by atoms with Gasteiger partial charge in [0.1, 0.15) is 4.88 Å². The molecule has 104 valence electrons. The third-order valence-corrected chi connectivity index (χ3v) is 4.65. The van der Waals surface area contributed by atoms with E-state index in [9.17, 15) is 9.59 Å². The van der Waals surface area contributed by atoms with Gasteiger partial charge < -0.3 is 10.1 Å². The van der Waals surface area contributed by atoms with Gasteiger partial charge in [0, 0.05) is 6.54 Å². The predicted molar refractivity (Wildman–Crippen MR) is 72.1 cm³/mol. The molecule has 1 aliphatic carbocycles. The Bertz CT molecular complexity index is 478. The van der Waals surface area contributed by atoms with E-state index in [0.717, 1.165) is 31.4 Å². The zero-order valence-electron chi connectivity index (χ0n) is 11.2. The smallest absolute Gasteiger partial charge is 0.313 e. The Morgan fingerprint density at radius 1 is 1.47 bits per heavy atom. The summed E-state index contributed by atoms with van der Waals surface area (Å²) in [4.78, 5) is 28.6. The lowest BCUT2D eigenvalue weighted by Crippen LogP contribution is -2.41. The van der Waals surface area contributed by atoms with Gasteiger partial charge in [-0.3, -0.25) is 9.59 Å². The van der Waals surface area contributed by atoms with Crippen LogP contribution in [0.2, 0.25) is 0 Å².